The van der Waals surface area contributed by atoms with Gasteiger partial charge in [0, 0.05) is 5.56 Å². The number of Topliss-reactive ketones (excluding diaryl/α,β-unsaturated/α-hetero) is 1. The molecule has 0 fully saturated rings. The average Bonchev–Trinajstić information content (AvgIpc) is 3.13. The van der Waals surface area contributed by atoms with E-state index in [4.69, 9.17) is 4.74 Å². The van der Waals surface area contributed by atoms with Gasteiger partial charge in [-0.2, -0.15) is 0 Å². The fraction of sp³-hybridized carbons (Fsp3) is 0.278. The summed E-state index contributed by atoms with van der Waals surface area (Å²) in [5.41, 5.74) is -0.111. The maximum absolute atomic E-state index is 13.2. The van der Waals surface area contributed by atoms with E-state index >= 15 is 0 Å². The lowest BCUT2D eigenvalue weighted by molar-refractivity contribution is -0.145. The van der Waals surface area contributed by atoms with Gasteiger partial charge in [-0.1, -0.05) is 19.9 Å². The second-order valence-corrected chi connectivity index (χ2v) is 6.78. The van der Waals surface area contributed by atoms with Crippen LogP contribution in [0.25, 0.3) is 0 Å². The lowest BCUT2D eigenvalue weighted by Gasteiger charge is -2.20. The molecule has 1 aromatic heterocycles. The van der Waals surface area contributed by atoms with E-state index in [1.165, 1.54) is 11.3 Å². The Morgan fingerprint density at radius 2 is 1.88 bits per heavy atom. The van der Waals surface area contributed by atoms with Gasteiger partial charge in [-0.25, -0.2) is 13.6 Å². The predicted octanol–water partition coefficient (Wildman–Crippen LogP) is 3.21. The molecule has 0 bridgehead atoms. The van der Waals surface area contributed by atoms with Gasteiger partial charge in [0.1, 0.15) is 6.04 Å². The van der Waals surface area contributed by atoms with Crippen LogP contribution in [0.2, 0.25) is 0 Å². The largest absolute Gasteiger partial charge is 0.456 e. The van der Waals surface area contributed by atoms with E-state index in [1.807, 2.05) is 0 Å². The number of carbonyl (C=O) groups is 3. The zero-order chi connectivity index (χ0) is 19.3. The molecule has 0 aliphatic rings. The van der Waals surface area contributed by atoms with Crippen LogP contribution in [0.5, 0.6) is 0 Å². The normalized spacial score (nSPS) is 11.9. The van der Waals surface area contributed by atoms with Gasteiger partial charge >= 0.3 is 5.97 Å². The number of halogens is 2. The minimum absolute atomic E-state index is 0.111. The molecule has 138 valence electrons. The molecule has 1 N–H and O–H groups in total. The molecule has 26 heavy (non-hydrogen) atoms. The Morgan fingerprint density at radius 1 is 1.15 bits per heavy atom. The summed E-state index contributed by atoms with van der Waals surface area (Å²) >= 11 is 1.23. The molecular weight excluding hydrogens is 364 g/mol. The second-order valence-electron chi connectivity index (χ2n) is 5.83. The topological polar surface area (TPSA) is 72.5 Å². The Labute approximate surface area is 153 Å². The summed E-state index contributed by atoms with van der Waals surface area (Å²) in [6.07, 6.45) is 0. The van der Waals surface area contributed by atoms with Crippen molar-refractivity contribution >= 4 is 29.0 Å². The quantitative estimate of drug-likeness (QED) is 0.591. The third-order valence-corrected chi connectivity index (χ3v) is 4.41. The number of hydrogen-bond donors (Lipinski definition) is 1. The van der Waals surface area contributed by atoms with Gasteiger partial charge in [0.15, 0.2) is 24.0 Å². The third kappa shape index (κ3) is 4.95. The molecule has 1 amide bonds. The number of nitrogens with one attached hydrogen (secondary N) is 1. The van der Waals surface area contributed by atoms with Crippen molar-refractivity contribution in [3.05, 3.63) is 57.8 Å². The Morgan fingerprint density at radius 3 is 2.46 bits per heavy atom. The molecule has 1 atom stereocenters. The van der Waals surface area contributed by atoms with E-state index in [-0.39, 0.29) is 11.5 Å². The van der Waals surface area contributed by atoms with Gasteiger partial charge in [0.25, 0.3) is 5.91 Å². The summed E-state index contributed by atoms with van der Waals surface area (Å²) in [5.74, 6) is -4.38. The summed E-state index contributed by atoms with van der Waals surface area (Å²) in [4.78, 5) is 36.7. The van der Waals surface area contributed by atoms with E-state index in [2.05, 4.69) is 5.32 Å². The van der Waals surface area contributed by atoms with Crippen LogP contribution in [0.15, 0.2) is 35.7 Å². The molecular formula is C18H17F2NO4S. The van der Waals surface area contributed by atoms with Gasteiger partial charge in [0.2, 0.25) is 0 Å². The molecule has 8 heteroatoms. The maximum Gasteiger partial charge on any atom is 0.329 e. The van der Waals surface area contributed by atoms with E-state index < -0.39 is 41.9 Å². The lowest BCUT2D eigenvalue weighted by atomic mass is 10.0. The zero-order valence-corrected chi connectivity index (χ0v) is 14.9. The van der Waals surface area contributed by atoms with Crippen molar-refractivity contribution in [1.29, 1.82) is 0 Å². The molecule has 0 spiro atoms. The van der Waals surface area contributed by atoms with Crippen molar-refractivity contribution < 1.29 is 27.9 Å². The van der Waals surface area contributed by atoms with Crippen LogP contribution in [-0.4, -0.2) is 30.3 Å². The van der Waals surface area contributed by atoms with Gasteiger partial charge in [0.05, 0.1) is 4.88 Å². The summed E-state index contributed by atoms with van der Waals surface area (Å²) in [6, 6.07) is 5.06. The molecule has 2 rings (SSSR count). The van der Waals surface area contributed by atoms with Crippen molar-refractivity contribution in [1.82, 2.24) is 5.32 Å². The van der Waals surface area contributed by atoms with Crippen molar-refractivity contribution in [2.45, 2.75) is 19.9 Å². The number of ether oxygens (including phenoxy) is 1. The Bertz CT molecular complexity index is 806. The highest BCUT2D eigenvalue weighted by molar-refractivity contribution is 7.12. The van der Waals surface area contributed by atoms with E-state index in [1.54, 1.807) is 31.4 Å². The molecule has 0 radical (unpaired) electrons. The monoisotopic (exact) mass is 381 g/mol. The van der Waals surface area contributed by atoms with Crippen LogP contribution >= 0.6 is 11.3 Å². The first kappa shape index (κ1) is 19.7. The molecule has 0 unspecified atom stereocenters. The highest BCUT2D eigenvalue weighted by atomic mass is 32.1. The molecule has 1 heterocycles. The number of ketones is 1. The van der Waals surface area contributed by atoms with Crippen LogP contribution < -0.4 is 5.32 Å². The number of amides is 1. The smallest absolute Gasteiger partial charge is 0.329 e. The van der Waals surface area contributed by atoms with Crippen LogP contribution in [-0.2, 0) is 9.53 Å². The molecule has 2 aromatic rings. The number of benzene rings is 1. The van der Waals surface area contributed by atoms with Crippen molar-refractivity contribution in [2.75, 3.05) is 6.61 Å². The van der Waals surface area contributed by atoms with Gasteiger partial charge in [-0.05, 0) is 35.6 Å². The summed E-state index contributed by atoms with van der Waals surface area (Å²) in [7, 11) is 0. The molecule has 0 saturated carbocycles. The van der Waals surface area contributed by atoms with E-state index in [0.717, 1.165) is 18.2 Å². The first-order valence-electron chi connectivity index (χ1n) is 7.79. The number of carbonyl (C=O) groups excluding carboxylic acids is 3. The predicted molar refractivity (Wildman–Crippen MR) is 92.1 cm³/mol. The Hall–Kier alpha value is -2.61. The number of hydrogen-bond acceptors (Lipinski definition) is 5. The summed E-state index contributed by atoms with van der Waals surface area (Å²) < 4.78 is 31.0. The Balaban J connectivity index is 1.97. The third-order valence-electron chi connectivity index (χ3n) is 3.54. The fourth-order valence-electron chi connectivity index (χ4n) is 2.10. The summed E-state index contributed by atoms with van der Waals surface area (Å²) in [6.45, 7) is 2.80. The lowest BCUT2D eigenvalue weighted by Crippen LogP contribution is -2.45. The molecule has 0 aliphatic heterocycles. The number of thiophene rings is 1. The zero-order valence-electron chi connectivity index (χ0n) is 14.1. The first-order chi connectivity index (χ1) is 12.3. The molecule has 5 nitrogen and oxygen atoms in total. The molecule has 0 aliphatic carbocycles. The average molecular weight is 381 g/mol. The minimum atomic E-state index is -1.16. The van der Waals surface area contributed by atoms with Gasteiger partial charge in [-0.3, -0.25) is 9.59 Å². The van der Waals surface area contributed by atoms with Gasteiger partial charge < -0.3 is 10.1 Å². The van der Waals surface area contributed by atoms with Crippen LogP contribution in [0.4, 0.5) is 8.78 Å². The fourth-order valence-corrected chi connectivity index (χ4v) is 2.72. The van der Waals surface area contributed by atoms with Crippen molar-refractivity contribution in [2.24, 2.45) is 5.92 Å². The SMILES string of the molecule is CC(C)[C@H](NC(=O)c1cccs1)C(=O)OCC(=O)c1ccc(F)c(F)c1. The van der Waals surface area contributed by atoms with Crippen molar-refractivity contribution in [3.8, 4) is 0 Å². The Kier molecular flexibility index (Phi) is 6.57. The first-order valence-corrected chi connectivity index (χ1v) is 8.66. The minimum Gasteiger partial charge on any atom is -0.456 e. The number of esters is 1. The maximum atomic E-state index is 13.2. The van der Waals surface area contributed by atoms with Crippen LogP contribution in [0, 0.1) is 17.6 Å². The van der Waals surface area contributed by atoms with Gasteiger partial charge in [-0.15, -0.1) is 11.3 Å². The van der Waals surface area contributed by atoms with Crippen LogP contribution in [0.1, 0.15) is 33.9 Å². The highest BCUT2D eigenvalue weighted by Crippen LogP contribution is 2.12. The summed E-state index contributed by atoms with van der Waals surface area (Å²) in [5, 5.41) is 4.31. The second kappa shape index (κ2) is 8.66. The molecule has 1 aromatic carbocycles. The number of rotatable bonds is 7. The van der Waals surface area contributed by atoms with Crippen LogP contribution in [0.3, 0.4) is 0 Å². The molecule has 0 saturated heterocycles. The standard InChI is InChI=1S/C18H17F2NO4S/c1-10(2)16(21-17(23)15-4-3-7-26-15)18(24)25-9-14(22)11-5-6-12(19)13(20)8-11/h3-8,10,16H,9H2,1-2H3,(H,21,23)/t16-/m0/s1. The van der Waals surface area contributed by atoms with Crippen molar-refractivity contribution in [3.63, 3.8) is 0 Å². The van der Waals surface area contributed by atoms with E-state index in [9.17, 15) is 23.2 Å². The highest BCUT2D eigenvalue weighted by Gasteiger charge is 2.27. The van der Waals surface area contributed by atoms with E-state index in [0.29, 0.717) is 4.88 Å².